The first-order valence-electron chi connectivity index (χ1n) is 8.03. The van der Waals surface area contributed by atoms with Gasteiger partial charge in [0, 0.05) is 17.7 Å². The number of allylic oxidation sites excluding steroid dienone is 2. The Kier molecular flexibility index (Phi) is 3.49. The molecule has 5 nitrogen and oxygen atoms in total. The lowest BCUT2D eigenvalue weighted by molar-refractivity contribution is -0.385. The van der Waals surface area contributed by atoms with Crippen LogP contribution in [0.15, 0.2) is 54.6 Å². The van der Waals surface area contributed by atoms with Crippen LogP contribution in [-0.2, 0) is 0 Å². The molecule has 1 aliphatic heterocycles. The molecule has 2 aromatic rings. The van der Waals surface area contributed by atoms with Gasteiger partial charge in [-0.25, -0.2) is 0 Å². The highest BCUT2D eigenvalue weighted by Gasteiger charge is 2.38. The van der Waals surface area contributed by atoms with Gasteiger partial charge in [-0.05, 0) is 35.6 Å². The van der Waals surface area contributed by atoms with Crippen LogP contribution in [0.4, 0.5) is 11.4 Å². The van der Waals surface area contributed by atoms with Gasteiger partial charge in [0.15, 0.2) is 5.75 Å². The first kappa shape index (κ1) is 14.8. The van der Waals surface area contributed by atoms with Crippen LogP contribution in [0.3, 0.4) is 0 Å². The van der Waals surface area contributed by atoms with Crippen LogP contribution in [0, 0.1) is 16.0 Å². The van der Waals surface area contributed by atoms with Crippen molar-refractivity contribution in [1.82, 2.24) is 0 Å². The second kappa shape index (κ2) is 5.67. The summed E-state index contributed by atoms with van der Waals surface area (Å²) in [5, 5.41) is 14.9. The summed E-state index contributed by atoms with van der Waals surface area (Å²) in [5.41, 5.74) is 3.35. The quantitative estimate of drug-likeness (QED) is 0.516. The van der Waals surface area contributed by atoms with Gasteiger partial charge >= 0.3 is 5.69 Å². The van der Waals surface area contributed by atoms with Gasteiger partial charge in [0.1, 0.15) is 0 Å². The normalized spacial score (nSPS) is 24.0. The third kappa shape index (κ3) is 2.24. The van der Waals surface area contributed by atoms with E-state index in [2.05, 4.69) is 35.7 Å². The number of ether oxygens (including phenoxy) is 1. The molecule has 122 valence electrons. The molecule has 2 aromatic carbocycles. The lowest BCUT2D eigenvalue weighted by Gasteiger charge is -2.37. The Morgan fingerprint density at radius 3 is 2.88 bits per heavy atom. The first-order chi connectivity index (χ1) is 11.7. The summed E-state index contributed by atoms with van der Waals surface area (Å²) in [5.74, 6) is 1.02. The van der Waals surface area contributed by atoms with Crippen LogP contribution < -0.4 is 10.1 Å². The van der Waals surface area contributed by atoms with Crippen LogP contribution in [0.5, 0.6) is 5.75 Å². The lowest BCUT2D eigenvalue weighted by atomic mass is 9.77. The van der Waals surface area contributed by atoms with Crippen molar-refractivity contribution in [1.29, 1.82) is 0 Å². The highest BCUT2D eigenvalue weighted by Crippen LogP contribution is 2.50. The Morgan fingerprint density at radius 2 is 2.08 bits per heavy atom. The van der Waals surface area contributed by atoms with Crippen LogP contribution in [0.1, 0.15) is 29.5 Å². The van der Waals surface area contributed by atoms with Gasteiger partial charge in [-0.1, -0.05) is 36.4 Å². The van der Waals surface area contributed by atoms with Crippen LogP contribution in [0.25, 0.3) is 0 Å². The number of hydrogen-bond donors (Lipinski definition) is 1. The Bertz CT molecular complexity index is 831. The van der Waals surface area contributed by atoms with E-state index in [0.717, 1.165) is 17.7 Å². The second-order valence-corrected chi connectivity index (χ2v) is 6.25. The molecule has 0 aromatic heterocycles. The average molecular weight is 322 g/mol. The van der Waals surface area contributed by atoms with Crippen molar-refractivity contribution >= 4 is 11.4 Å². The summed E-state index contributed by atoms with van der Waals surface area (Å²) < 4.78 is 5.12. The standard InChI is InChI=1S/C19H18N2O3/c1-24-18-10-9-12(11-17(18)21(22)23)19-15-7-4-6-13(15)14-5-2-3-8-16(14)20-19/h2-6,8-11,13,15,19-20H,7H2,1H3/t13-,15+,19-/m0/s1. The fourth-order valence-electron chi connectivity index (χ4n) is 3.92. The third-order valence-corrected chi connectivity index (χ3v) is 5.03. The van der Waals surface area contributed by atoms with Crippen molar-refractivity contribution in [3.63, 3.8) is 0 Å². The van der Waals surface area contributed by atoms with E-state index in [1.54, 1.807) is 12.1 Å². The Morgan fingerprint density at radius 1 is 1.25 bits per heavy atom. The highest BCUT2D eigenvalue weighted by molar-refractivity contribution is 5.60. The minimum absolute atomic E-state index is 0.0122. The molecular weight excluding hydrogens is 304 g/mol. The second-order valence-electron chi connectivity index (χ2n) is 6.25. The smallest absolute Gasteiger partial charge is 0.311 e. The number of fused-ring (bicyclic) bond motifs is 3. The van der Waals surface area contributed by atoms with Crippen molar-refractivity contribution in [3.8, 4) is 5.75 Å². The zero-order valence-electron chi connectivity index (χ0n) is 13.3. The monoisotopic (exact) mass is 322 g/mol. The maximum atomic E-state index is 11.3. The Hall–Kier alpha value is -2.82. The zero-order valence-corrected chi connectivity index (χ0v) is 13.3. The fraction of sp³-hybridized carbons (Fsp3) is 0.263. The molecule has 5 heteroatoms. The summed E-state index contributed by atoms with van der Waals surface area (Å²) in [7, 11) is 1.45. The molecular formula is C19H18N2O3. The fourth-order valence-corrected chi connectivity index (χ4v) is 3.92. The van der Waals surface area contributed by atoms with Gasteiger partial charge in [-0.15, -0.1) is 0 Å². The molecule has 1 N–H and O–H groups in total. The van der Waals surface area contributed by atoms with Gasteiger partial charge in [0.25, 0.3) is 0 Å². The summed E-state index contributed by atoms with van der Waals surface area (Å²) >= 11 is 0. The van der Waals surface area contributed by atoms with Gasteiger partial charge in [-0.2, -0.15) is 0 Å². The number of methoxy groups -OCH3 is 1. The molecule has 0 amide bonds. The molecule has 4 rings (SSSR count). The number of nitro benzene ring substituents is 1. The number of nitro groups is 1. The van der Waals surface area contributed by atoms with E-state index in [1.807, 2.05) is 12.1 Å². The number of rotatable bonds is 3. The maximum absolute atomic E-state index is 11.3. The van der Waals surface area contributed by atoms with Crippen molar-refractivity contribution in [2.24, 2.45) is 5.92 Å². The van der Waals surface area contributed by atoms with Crippen LogP contribution >= 0.6 is 0 Å². The molecule has 0 bridgehead atoms. The number of nitrogens with one attached hydrogen (secondary N) is 1. The van der Waals surface area contributed by atoms with Crippen LogP contribution in [0.2, 0.25) is 0 Å². The van der Waals surface area contributed by atoms with Crippen molar-refractivity contribution in [3.05, 3.63) is 75.9 Å². The molecule has 1 aliphatic carbocycles. The lowest BCUT2D eigenvalue weighted by Crippen LogP contribution is -2.29. The first-order valence-corrected chi connectivity index (χ1v) is 8.03. The van der Waals surface area contributed by atoms with E-state index in [0.29, 0.717) is 17.6 Å². The summed E-state index contributed by atoms with van der Waals surface area (Å²) in [6.45, 7) is 0. The third-order valence-electron chi connectivity index (χ3n) is 5.03. The Labute approximate surface area is 140 Å². The number of nitrogens with zero attached hydrogens (tertiary/aromatic N) is 1. The van der Waals surface area contributed by atoms with E-state index >= 15 is 0 Å². The largest absolute Gasteiger partial charge is 0.490 e. The van der Waals surface area contributed by atoms with Gasteiger partial charge in [0.05, 0.1) is 18.1 Å². The van der Waals surface area contributed by atoms with Gasteiger partial charge < -0.3 is 10.1 Å². The SMILES string of the molecule is COc1ccc([C@@H]2Nc3ccccc3[C@@H]3C=CC[C@H]32)cc1[N+](=O)[O-]. The minimum atomic E-state index is -0.385. The van der Waals surface area contributed by atoms with Crippen molar-refractivity contribution in [2.75, 3.05) is 12.4 Å². The van der Waals surface area contributed by atoms with E-state index in [1.165, 1.54) is 12.7 Å². The van der Waals surface area contributed by atoms with Crippen molar-refractivity contribution < 1.29 is 9.66 Å². The average Bonchev–Trinajstić information content (AvgIpc) is 3.10. The number of benzene rings is 2. The van der Waals surface area contributed by atoms with Crippen LogP contribution in [-0.4, -0.2) is 12.0 Å². The molecule has 2 aliphatic rings. The zero-order chi connectivity index (χ0) is 16.7. The number of anilines is 1. The van der Waals surface area contributed by atoms with Gasteiger partial charge in [0.2, 0.25) is 0 Å². The molecule has 3 atom stereocenters. The van der Waals surface area contributed by atoms with Gasteiger partial charge in [-0.3, -0.25) is 10.1 Å². The molecule has 0 saturated heterocycles. The predicted molar refractivity (Wildman–Crippen MR) is 92.4 cm³/mol. The molecule has 24 heavy (non-hydrogen) atoms. The van der Waals surface area contributed by atoms with E-state index in [9.17, 15) is 10.1 Å². The predicted octanol–water partition coefficient (Wildman–Crippen LogP) is 4.43. The summed E-state index contributed by atoms with van der Waals surface area (Å²) in [6.07, 6.45) is 5.44. The molecule has 0 radical (unpaired) electrons. The van der Waals surface area contributed by atoms with E-state index in [4.69, 9.17) is 4.74 Å². The molecule has 0 spiro atoms. The summed E-state index contributed by atoms with van der Waals surface area (Å²) in [4.78, 5) is 10.9. The number of hydrogen-bond acceptors (Lipinski definition) is 4. The Balaban J connectivity index is 1.78. The van der Waals surface area contributed by atoms with E-state index in [-0.39, 0.29) is 16.7 Å². The summed E-state index contributed by atoms with van der Waals surface area (Å²) in [6, 6.07) is 13.6. The topological polar surface area (TPSA) is 64.4 Å². The molecule has 0 saturated carbocycles. The molecule has 1 heterocycles. The molecule has 0 fully saturated rings. The molecule has 0 unspecified atom stereocenters. The number of para-hydroxylation sites is 1. The van der Waals surface area contributed by atoms with E-state index < -0.39 is 0 Å². The minimum Gasteiger partial charge on any atom is -0.490 e. The van der Waals surface area contributed by atoms with Crippen molar-refractivity contribution in [2.45, 2.75) is 18.4 Å². The highest BCUT2D eigenvalue weighted by atomic mass is 16.6. The maximum Gasteiger partial charge on any atom is 0.311 e.